The van der Waals surface area contributed by atoms with Crippen LogP contribution >= 0.6 is 0 Å². The minimum absolute atomic E-state index is 0.0520. The van der Waals surface area contributed by atoms with E-state index in [4.69, 9.17) is 0 Å². The standard InChI is InChI=1S/C20H29N5O3/c1-11(2)9-16(19(27)22-12(3)10-14-5-7-21-18(14)26)25-8-6-15-17(20(25)28)24-13(4)23-15/h6,8,11-12,14,16H,5,7,9-10H2,1-4H3,(H,21,26)(H,22,27)(H,23,24)/t12-,14+,16+/m1/s1. The Bertz CT molecular complexity index is 930. The number of nitrogens with one attached hydrogen (secondary N) is 3. The number of H-pyrrole nitrogens is 1. The molecule has 0 radical (unpaired) electrons. The van der Waals surface area contributed by atoms with Gasteiger partial charge in [-0.15, -0.1) is 0 Å². The number of aromatic amines is 1. The summed E-state index contributed by atoms with van der Waals surface area (Å²) in [5.74, 6) is 0.690. The first-order chi connectivity index (χ1) is 13.3. The maximum absolute atomic E-state index is 13.0. The molecule has 1 aliphatic heterocycles. The summed E-state index contributed by atoms with van der Waals surface area (Å²) in [6.45, 7) is 8.44. The van der Waals surface area contributed by atoms with Gasteiger partial charge in [0, 0.05) is 24.7 Å². The van der Waals surface area contributed by atoms with E-state index in [0.29, 0.717) is 36.2 Å². The Morgan fingerprint density at radius 2 is 2.11 bits per heavy atom. The van der Waals surface area contributed by atoms with Crippen LogP contribution in [-0.2, 0) is 9.59 Å². The summed E-state index contributed by atoms with van der Waals surface area (Å²) in [4.78, 5) is 45.0. The van der Waals surface area contributed by atoms with Gasteiger partial charge in [0.25, 0.3) is 5.56 Å². The summed E-state index contributed by atoms with van der Waals surface area (Å²) in [5, 5.41) is 5.83. The Morgan fingerprint density at radius 1 is 1.36 bits per heavy atom. The van der Waals surface area contributed by atoms with Crippen LogP contribution in [0, 0.1) is 18.8 Å². The van der Waals surface area contributed by atoms with Crippen LogP contribution in [0.4, 0.5) is 0 Å². The molecule has 0 saturated carbocycles. The van der Waals surface area contributed by atoms with Crippen LogP contribution in [0.25, 0.3) is 11.0 Å². The third-order valence-corrected chi connectivity index (χ3v) is 5.21. The van der Waals surface area contributed by atoms with E-state index in [2.05, 4.69) is 20.6 Å². The Labute approximate surface area is 164 Å². The minimum atomic E-state index is -0.611. The van der Waals surface area contributed by atoms with Crippen molar-refractivity contribution in [1.29, 1.82) is 0 Å². The van der Waals surface area contributed by atoms with E-state index < -0.39 is 6.04 Å². The summed E-state index contributed by atoms with van der Waals surface area (Å²) in [6, 6.07) is 0.998. The lowest BCUT2D eigenvalue weighted by molar-refractivity contribution is -0.126. The molecular formula is C20H29N5O3. The lowest BCUT2D eigenvalue weighted by Crippen LogP contribution is -2.42. The van der Waals surface area contributed by atoms with Gasteiger partial charge in [0.2, 0.25) is 11.8 Å². The molecule has 3 rings (SSSR count). The van der Waals surface area contributed by atoms with Crippen molar-refractivity contribution < 1.29 is 9.59 Å². The molecule has 152 valence electrons. The van der Waals surface area contributed by atoms with Crippen molar-refractivity contribution >= 4 is 22.8 Å². The highest BCUT2D eigenvalue weighted by atomic mass is 16.2. The van der Waals surface area contributed by atoms with Gasteiger partial charge in [-0.25, -0.2) is 4.98 Å². The zero-order valence-corrected chi connectivity index (χ0v) is 16.9. The number of rotatable bonds is 7. The smallest absolute Gasteiger partial charge is 0.277 e. The third-order valence-electron chi connectivity index (χ3n) is 5.21. The molecule has 0 spiro atoms. The molecule has 2 aromatic heterocycles. The van der Waals surface area contributed by atoms with Crippen molar-refractivity contribution in [2.24, 2.45) is 11.8 Å². The van der Waals surface area contributed by atoms with E-state index in [1.165, 1.54) is 4.57 Å². The molecule has 2 amide bonds. The van der Waals surface area contributed by atoms with Crippen LogP contribution in [0.5, 0.6) is 0 Å². The predicted molar refractivity (Wildman–Crippen MR) is 107 cm³/mol. The highest BCUT2D eigenvalue weighted by Gasteiger charge is 2.29. The van der Waals surface area contributed by atoms with Gasteiger partial charge in [0.15, 0.2) is 0 Å². The first-order valence-electron chi connectivity index (χ1n) is 9.91. The monoisotopic (exact) mass is 387 g/mol. The largest absolute Gasteiger partial charge is 0.356 e. The number of nitrogens with zero attached hydrogens (tertiary/aromatic N) is 2. The quantitative estimate of drug-likeness (QED) is 0.671. The van der Waals surface area contributed by atoms with E-state index >= 15 is 0 Å². The number of hydrogen-bond donors (Lipinski definition) is 3. The van der Waals surface area contributed by atoms with E-state index in [0.717, 1.165) is 6.42 Å². The maximum Gasteiger partial charge on any atom is 0.277 e. The number of aryl methyl sites for hydroxylation is 1. The molecule has 0 aliphatic carbocycles. The maximum atomic E-state index is 13.0. The molecular weight excluding hydrogens is 358 g/mol. The van der Waals surface area contributed by atoms with E-state index in [-0.39, 0.29) is 35.3 Å². The molecule has 2 aromatic rings. The minimum Gasteiger partial charge on any atom is -0.356 e. The Morgan fingerprint density at radius 3 is 2.75 bits per heavy atom. The number of aromatic nitrogens is 3. The fourth-order valence-electron chi connectivity index (χ4n) is 3.87. The number of imidazole rings is 1. The summed E-state index contributed by atoms with van der Waals surface area (Å²) in [7, 11) is 0. The Hall–Kier alpha value is -2.64. The molecule has 8 nitrogen and oxygen atoms in total. The van der Waals surface area contributed by atoms with Gasteiger partial charge in [-0.3, -0.25) is 14.4 Å². The van der Waals surface area contributed by atoms with Crippen LogP contribution in [0.15, 0.2) is 17.1 Å². The van der Waals surface area contributed by atoms with E-state index in [1.807, 2.05) is 20.8 Å². The van der Waals surface area contributed by atoms with Gasteiger partial charge in [-0.2, -0.15) is 0 Å². The molecule has 0 bridgehead atoms. The molecule has 3 N–H and O–H groups in total. The number of carbonyl (C=O) groups excluding carboxylic acids is 2. The molecule has 0 aromatic carbocycles. The number of hydrogen-bond acceptors (Lipinski definition) is 4. The summed E-state index contributed by atoms with van der Waals surface area (Å²) >= 11 is 0. The number of amides is 2. The van der Waals surface area contributed by atoms with Gasteiger partial charge in [0.1, 0.15) is 17.4 Å². The molecule has 0 unspecified atom stereocenters. The van der Waals surface area contributed by atoms with Crippen LogP contribution in [0.3, 0.4) is 0 Å². The van der Waals surface area contributed by atoms with Crippen LogP contribution in [-0.4, -0.2) is 38.9 Å². The van der Waals surface area contributed by atoms with Gasteiger partial charge in [0.05, 0.1) is 5.52 Å². The zero-order valence-electron chi connectivity index (χ0n) is 16.9. The van der Waals surface area contributed by atoms with Crippen molar-refractivity contribution in [3.05, 3.63) is 28.4 Å². The number of carbonyl (C=O) groups is 2. The lowest BCUT2D eigenvalue weighted by atomic mass is 9.98. The lowest BCUT2D eigenvalue weighted by Gasteiger charge is -2.24. The fourth-order valence-corrected chi connectivity index (χ4v) is 3.87. The third kappa shape index (κ3) is 4.26. The summed E-state index contributed by atoms with van der Waals surface area (Å²) in [6.07, 6.45) is 3.58. The molecule has 8 heteroatoms. The average molecular weight is 387 g/mol. The second-order valence-electron chi connectivity index (χ2n) is 8.18. The molecule has 1 aliphatic rings. The van der Waals surface area contributed by atoms with Crippen molar-refractivity contribution in [3.8, 4) is 0 Å². The summed E-state index contributed by atoms with van der Waals surface area (Å²) in [5.41, 5.74) is 0.766. The first-order valence-corrected chi connectivity index (χ1v) is 9.91. The van der Waals surface area contributed by atoms with Gasteiger partial charge < -0.3 is 20.2 Å². The fraction of sp³-hybridized carbons (Fsp3) is 0.600. The number of pyridine rings is 1. The first kappa shape index (κ1) is 20.1. The molecule has 3 heterocycles. The second-order valence-corrected chi connectivity index (χ2v) is 8.18. The van der Waals surface area contributed by atoms with Crippen molar-refractivity contribution in [1.82, 2.24) is 25.2 Å². The van der Waals surface area contributed by atoms with Crippen molar-refractivity contribution in [3.63, 3.8) is 0 Å². The topological polar surface area (TPSA) is 109 Å². The SMILES string of the molecule is Cc1nc2ccn([C@@H](CC(C)C)C(=O)N[C@H](C)C[C@@H]3CCNC3=O)c(=O)c2[nH]1. The highest BCUT2D eigenvalue weighted by Crippen LogP contribution is 2.20. The van der Waals surface area contributed by atoms with E-state index in [1.54, 1.807) is 19.2 Å². The van der Waals surface area contributed by atoms with Gasteiger partial charge >= 0.3 is 0 Å². The van der Waals surface area contributed by atoms with Crippen LogP contribution < -0.4 is 16.2 Å². The normalized spacial score (nSPS) is 19.0. The van der Waals surface area contributed by atoms with Crippen molar-refractivity contribution in [2.45, 2.75) is 59.0 Å². The highest BCUT2D eigenvalue weighted by molar-refractivity contribution is 5.82. The van der Waals surface area contributed by atoms with Crippen LogP contribution in [0.1, 0.15) is 51.9 Å². The van der Waals surface area contributed by atoms with Gasteiger partial charge in [-0.1, -0.05) is 13.8 Å². The molecule has 1 fully saturated rings. The zero-order chi connectivity index (χ0) is 20.4. The Kier molecular flexibility index (Phi) is 5.86. The van der Waals surface area contributed by atoms with E-state index in [9.17, 15) is 14.4 Å². The average Bonchev–Trinajstić information content (AvgIpc) is 3.19. The van der Waals surface area contributed by atoms with Gasteiger partial charge in [-0.05, 0) is 45.1 Å². The van der Waals surface area contributed by atoms with Crippen LogP contribution in [0.2, 0.25) is 0 Å². The van der Waals surface area contributed by atoms with Crippen molar-refractivity contribution in [2.75, 3.05) is 6.54 Å². The predicted octanol–water partition coefficient (Wildman–Crippen LogP) is 1.65. The molecule has 28 heavy (non-hydrogen) atoms. The Balaban J connectivity index is 1.81. The number of fused-ring (bicyclic) bond motifs is 1. The second kappa shape index (κ2) is 8.16. The molecule has 1 saturated heterocycles. The summed E-state index contributed by atoms with van der Waals surface area (Å²) < 4.78 is 1.49. The molecule has 3 atom stereocenters.